The number of nitrogens with zero attached hydrogens (tertiary/aromatic N) is 4. The molecule has 0 aliphatic carbocycles. The summed E-state index contributed by atoms with van der Waals surface area (Å²) in [7, 11) is 1.64. The van der Waals surface area contributed by atoms with Gasteiger partial charge in [-0.3, -0.25) is 9.69 Å². The number of pyridine rings is 2. The molecule has 0 saturated heterocycles. The van der Waals surface area contributed by atoms with Crippen molar-refractivity contribution in [2.45, 2.75) is 0 Å². The molecule has 0 unspecified atom stereocenters. The molecule has 5 nitrogen and oxygen atoms in total. The van der Waals surface area contributed by atoms with Crippen LogP contribution in [0.1, 0.15) is 16.1 Å². The van der Waals surface area contributed by atoms with E-state index in [1.54, 1.807) is 31.4 Å². The van der Waals surface area contributed by atoms with Gasteiger partial charge >= 0.3 is 0 Å². The van der Waals surface area contributed by atoms with Crippen molar-refractivity contribution in [2.75, 3.05) is 11.9 Å². The van der Waals surface area contributed by atoms with Crippen LogP contribution in [0, 0.1) is 11.3 Å². The Morgan fingerprint density at radius 1 is 1.28 bits per heavy atom. The molecule has 0 spiro atoms. The topological polar surface area (TPSA) is 69.9 Å². The first-order chi connectivity index (χ1) is 8.72. The molecule has 1 amide bonds. The van der Waals surface area contributed by atoms with Crippen molar-refractivity contribution in [3.63, 3.8) is 0 Å². The van der Waals surface area contributed by atoms with Crippen molar-refractivity contribution in [3.8, 4) is 6.07 Å². The van der Waals surface area contributed by atoms with Gasteiger partial charge < -0.3 is 0 Å². The maximum Gasteiger partial charge on any atom is 0.260 e. The van der Waals surface area contributed by atoms with E-state index in [0.29, 0.717) is 11.4 Å². The third kappa shape index (κ3) is 2.33. The Bertz CT molecular complexity index is 587. The van der Waals surface area contributed by atoms with Crippen LogP contribution >= 0.6 is 0 Å². The van der Waals surface area contributed by atoms with Gasteiger partial charge in [0.2, 0.25) is 0 Å². The van der Waals surface area contributed by atoms with E-state index < -0.39 is 0 Å². The van der Waals surface area contributed by atoms with E-state index in [2.05, 4.69) is 9.97 Å². The Kier molecular flexibility index (Phi) is 3.30. The normalized spacial score (nSPS) is 9.56. The van der Waals surface area contributed by atoms with Gasteiger partial charge in [-0.15, -0.1) is 0 Å². The SMILES string of the molecule is CN(C(=O)c1ccc(C#N)nc1)c1ccccn1. The summed E-state index contributed by atoms with van der Waals surface area (Å²) in [6.07, 6.45) is 3.01. The number of amides is 1. The second kappa shape index (κ2) is 5.06. The Hall–Kier alpha value is -2.74. The molecule has 0 aliphatic heterocycles. The average molecular weight is 238 g/mol. The zero-order valence-electron chi connectivity index (χ0n) is 9.74. The zero-order chi connectivity index (χ0) is 13.0. The number of rotatable bonds is 2. The largest absolute Gasteiger partial charge is 0.296 e. The molecule has 0 N–H and O–H groups in total. The molecule has 88 valence electrons. The van der Waals surface area contributed by atoms with E-state index in [0.717, 1.165) is 0 Å². The summed E-state index contributed by atoms with van der Waals surface area (Å²) in [5, 5.41) is 8.64. The van der Waals surface area contributed by atoms with Crippen LogP contribution in [0.5, 0.6) is 0 Å². The second-order valence-corrected chi connectivity index (χ2v) is 3.60. The third-order valence-electron chi connectivity index (χ3n) is 2.42. The molecular formula is C13H10N4O. The van der Waals surface area contributed by atoms with Crippen LogP contribution in [-0.4, -0.2) is 22.9 Å². The monoisotopic (exact) mass is 238 g/mol. The molecule has 2 rings (SSSR count). The maximum atomic E-state index is 12.1. The molecular weight excluding hydrogens is 228 g/mol. The highest BCUT2D eigenvalue weighted by molar-refractivity contribution is 6.04. The molecule has 2 aromatic rings. The Labute approximate surface area is 104 Å². The molecule has 5 heteroatoms. The summed E-state index contributed by atoms with van der Waals surface area (Å²) in [6.45, 7) is 0. The van der Waals surface area contributed by atoms with E-state index >= 15 is 0 Å². The van der Waals surface area contributed by atoms with Crippen LogP contribution in [0.15, 0.2) is 42.7 Å². The highest BCUT2D eigenvalue weighted by Gasteiger charge is 2.14. The lowest BCUT2D eigenvalue weighted by molar-refractivity contribution is 0.0992. The van der Waals surface area contributed by atoms with Gasteiger partial charge in [0.25, 0.3) is 5.91 Å². The fraction of sp³-hybridized carbons (Fsp3) is 0.0769. The number of nitriles is 1. The minimum atomic E-state index is -0.217. The van der Waals surface area contributed by atoms with Crippen molar-refractivity contribution >= 4 is 11.7 Å². The first kappa shape index (κ1) is 11.7. The Morgan fingerprint density at radius 3 is 2.67 bits per heavy atom. The van der Waals surface area contributed by atoms with Crippen molar-refractivity contribution < 1.29 is 4.79 Å². The number of aromatic nitrogens is 2. The molecule has 18 heavy (non-hydrogen) atoms. The highest BCUT2D eigenvalue weighted by Crippen LogP contribution is 2.11. The van der Waals surface area contributed by atoms with Crippen LogP contribution in [-0.2, 0) is 0 Å². The molecule has 0 aliphatic rings. The molecule has 0 radical (unpaired) electrons. The quantitative estimate of drug-likeness (QED) is 0.797. The van der Waals surface area contributed by atoms with E-state index in [-0.39, 0.29) is 11.6 Å². The fourth-order valence-electron chi connectivity index (χ4n) is 1.44. The molecule has 2 aromatic heterocycles. The summed E-state index contributed by atoms with van der Waals surface area (Å²) in [4.78, 5) is 21.5. The zero-order valence-corrected chi connectivity index (χ0v) is 9.74. The summed E-state index contributed by atoms with van der Waals surface area (Å²) in [5.41, 5.74) is 0.703. The van der Waals surface area contributed by atoms with Crippen LogP contribution in [0.4, 0.5) is 5.82 Å². The first-order valence-corrected chi connectivity index (χ1v) is 5.27. The lowest BCUT2D eigenvalue weighted by Crippen LogP contribution is -2.27. The third-order valence-corrected chi connectivity index (χ3v) is 2.42. The van der Waals surface area contributed by atoms with Gasteiger partial charge in [0, 0.05) is 19.4 Å². The van der Waals surface area contributed by atoms with Gasteiger partial charge in [0.1, 0.15) is 17.6 Å². The van der Waals surface area contributed by atoms with E-state index in [1.807, 2.05) is 12.1 Å². The Morgan fingerprint density at radius 2 is 2.11 bits per heavy atom. The number of carbonyl (C=O) groups excluding carboxylic acids is 1. The van der Waals surface area contributed by atoms with Gasteiger partial charge in [-0.1, -0.05) is 6.07 Å². The minimum absolute atomic E-state index is 0.217. The molecule has 0 saturated carbocycles. The molecule has 0 bridgehead atoms. The highest BCUT2D eigenvalue weighted by atomic mass is 16.2. The smallest absolute Gasteiger partial charge is 0.260 e. The standard InChI is InChI=1S/C13H10N4O/c1-17(12-4-2-3-7-15-12)13(18)10-5-6-11(8-14)16-9-10/h2-7,9H,1H3. The average Bonchev–Trinajstić information content (AvgIpc) is 2.47. The lowest BCUT2D eigenvalue weighted by Gasteiger charge is -2.15. The van der Waals surface area contributed by atoms with Gasteiger partial charge in [-0.25, -0.2) is 9.97 Å². The van der Waals surface area contributed by atoms with Gasteiger partial charge in [-0.2, -0.15) is 5.26 Å². The van der Waals surface area contributed by atoms with E-state index in [1.165, 1.54) is 17.2 Å². The summed E-state index contributed by atoms with van der Waals surface area (Å²) in [5.74, 6) is 0.345. The summed E-state index contributed by atoms with van der Waals surface area (Å²) < 4.78 is 0. The van der Waals surface area contributed by atoms with Crippen LogP contribution in [0.3, 0.4) is 0 Å². The number of carbonyl (C=O) groups is 1. The van der Waals surface area contributed by atoms with E-state index in [4.69, 9.17) is 5.26 Å². The van der Waals surface area contributed by atoms with Crippen molar-refractivity contribution in [1.29, 1.82) is 5.26 Å². The molecule has 0 fully saturated rings. The summed E-state index contributed by atoms with van der Waals surface area (Å²) in [6, 6.07) is 10.3. The van der Waals surface area contributed by atoms with Crippen LogP contribution < -0.4 is 4.90 Å². The number of anilines is 1. The van der Waals surface area contributed by atoms with Crippen LogP contribution in [0.2, 0.25) is 0 Å². The minimum Gasteiger partial charge on any atom is -0.296 e. The lowest BCUT2D eigenvalue weighted by atomic mass is 10.2. The Balaban J connectivity index is 2.23. The predicted molar refractivity (Wildman–Crippen MR) is 65.9 cm³/mol. The van der Waals surface area contributed by atoms with Crippen molar-refractivity contribution in [2.24, 2.45) is 0 Å². The van der Waals surface area contributed by atoms with Gasteiger partial charge in [0.15, 0.2) is 0 Å². The fourth-order valence-corrected chi connectivity index (χ4v) is 1.44. The van der Waals surface area contributed by atoms with Gasteiger partial charge in [0.05, 0.1) is 5.56 Å². The van der Waals surface area contributed by atoms with E-state index in [9.17, 15) is 4.79 Å². The molecule has 0 atom stereocenters. The van der Waals surface area contributed by atoms with Crippen molar-refractivity contribution in [3.05, 3.63) is 54.0 Å². The van der Waals surface area contributed by atoms with Crippen LogP contribution in [0.25, 0.3) is 0 Å². The van der Waals surface area contributed by atoms with Gasteiger partial charge in [-0.05, 0) is 24.3 Å². The predicted octanol–water partition coefficient (Wildman–Crippen LogP) is 1.62. The second-order valence-electron chi connectivity index (χ2n) is 3.60. The van der Waals surface area contributed by atoms with Crippen molar-refractivity contribution in [1.82, 2.24) is 9.97 Å². The molecule has 0 aromatic carbocycles. The summed E-state index contributed by atoms with van der Waals surface area (Å²) >= 11 is 0. The number of hydrogen-bond donors (Lipinski definition) is 0. The first-order valence-electron chi connectivity index (χ1n) is 5.27. The maximum absolute atomic E-state index is 12.1. The molecule has 2 heterocycles. The number of hydrogen-bond acceptors (Lipinski definition) is 4.